The van der Waals surface area contributed by atoms with Gasteiger partial charge in [-0.15, -0.1) is 0 Å². The highest BCUT2D eigenvalue weighted by molar-refractivity contribution is 7.08. The first-order valence-electron chi connectivity index (χ1n) is 4.19. The van der Waals surface area contributed by atoms with Gasteiger partial charge in [0.05, 0.1) is 0 Å². The summed E-state index contributed by atoms with van der Waals surface area (Å²) in [4.78, 5) is 11.4. The maximum absolute atomic E-state index is 11.4. The van der Waals surface area contributed by atoms with Crippen LogP contribution in [0.2, 0.25) is 0 Å². The van der Waals surface area contributed by atoms with Gasteiger partial charge >= 0.3 is 0 Å². The minimum Gasteiger partial charge on any atom is -0.349 e. The Balaban J connectivity index is 1.92. The second kappa shape index (κ2) is 3.27. The quantitative estimate of drug-likeness (QED) is 0.743. The molecule has 0 saturated heterocycles. The fourth-order valence-corrected chi connectivity index (χ4v) is 1.85. The van der Waals surface area contributed by atoms with E-state index >= 15 is 0 Å². The Bertz CT molecular complexity index is 264. The molecule has 12 heavy (non-hydrogen) atoms. The summed E-state index contributed by atoms with van der Waals surface area (Å²) in [5.74, 6) is 0.0842. The van der Waals surface area contributed by atoms with Gasteiger partial charge in [0.1, 0.15) is 0 Å². The Hall–Kier alpha value is -0.830. The van der Waals surface area contributed by atoms with Gasteiger partial charge in [0.2, 0.25) is 0 Å². The van der Waals surface area contributed by atoms with Crippen molar-refractivity contribution in [1.82, 2.24) is 5.32 Å². The SMILES string of the molecule is O=C(NC1CCC1)c1ccsc1. The average Bonchev–Trinajstić information content (AvgIpc) is 2.47. The minimum atomic E-state index is 0.0842. The molecule has 0 aromatic carbocycles. The minimum absolute atomic E-state index is 0.0842. The predicted octanol–water partition coefficient (Wildman–Crippen LogP) is 2.03. The zero-order chi connectivity index (χ0) is 8.39. The number of hydrogen-bond donors (Lipinski definition) is 1. The molecule has 1 amide bonds. The van der Waals surface area contributed by atoms with Crippen LogP contribution in [0, 0.1) is 0 Å². The summed E-state index contributed by atoms with van der Waals surface area (Å²) < 4.78 is 0. The summed E-state index contributed by atoms with van der Waals surface area (Å²) in [6, 6.07) is 2.30. The van der Waals surface area contributed by atoms with E-state index in [9.17, 15) is 4.79 Å². The van der Waals surface area contributed by atoms with Crippen LogP contribution in [0.4, 0.5) is 0 Å². The van der Waals surface area contributed by atoms with Crippen molar-refractivity contribution >= 4 is 17.2 Å². The largest absolute Gasteiger partial charge is 0.349 e. The number of amides is 1. The molecular formula is C9H11NOS. The molecule has 2 rings (SSSR count). The van der Waals surface area contributed by atoms with E-state index in [4.69, 9.17) is 0 Å². The van der Waals surface area contributed by atoms with Crippen molar-refractivity contribution in [3.63, 3.8) is 0 Å². The van der Waals surface area contributed by atoms with E-state index in [-0.39, 0.29) is 5.91 Å². The third kappa shape index (κ3) is 1.50. The summed E-state index contributed by atoms with van der Waals surface area (Å²) >= 11 is 1.56. The van der Waals surface area contributed by atoms with E-state index in [1.54, 1.807) is 11.3 Å². The highest BCUT2D eigenvalue weighted by Gasteiger charge is 2.19. The zero-order valence-corrected chi connectivity index (χ0v) is 7.56. The van der Waals surface area contributed by atoms with Crippen LogP contribution in [0.25, 0.3) is 0 Å². The predicted molar refractivity (Wildman–Crippen MR) is 49.4 cm³/mol. The molecule has 0 bridgehead atoms. The molecule has 1 heterocycles. The van der Waals surface area contributed by atoms with E-state index in [2.05, 4.69) is 5.32 Å². The molecule has 1 aromatic heterocycles. The first-order valence-corrected chi connectivity index (χ1v) is 5.13. The highest BCUT2D eigenvalue weighted by Crippen LogP contribution is 2.18. The lowest BCUT2D eigenvalue weighted by molar-refractivity contribution is 0.0917. The lowest BCUT2D eigenvalue weighted by Crippen LogP contribution is -2.39. The Morgan fingerprint density at radius 2 is 2.42 bits per heavy atom. The number of thiophene rings is 1. The standard InChI is InChI=1S/C9H11NOS/c11-9(7-4-5-12-6-7)10-8-2-1-3-8/h4-6,8H,1-3H2,(H,10,11). The maximum atomic E-state index is 11.4. The lowest BCUT2D eigenvalue weighted by atomic mass is 9.93. The van der Waals surface area contributed by atoms with Crippen LogP contribution in [0.5, 0.6) is 0 Å². The van der Waals surface area contributed by atoms with Crippen LogP contribution in [0.3, 0.4) is 0 Å². The maximum Gasteiger partial charge on any atom is 0.252 e. The van der Waals surface area contributed by atoms with Gasteiger partial charge in [-0.05, 0) is 30.7 Å². The van der Waals surface area contributed by atoms with Gasteiger partial charge in [-0.3, -0.25) is 4.79 Å². The third-order valence-electron chi connectivity index (χ3n) is 2.22. The first-order chi connectivity index (χ1) is 5.86. The summed E-state index contributed by atoms with van der Waals surface area (Å²) in [6.07, 6.45) is 3.56. The molecule has 0 aliphatic heterocycles. The molecule has 0 spiro atoms. The number of rotatable bonds is 2. The average molecular weight is 181 g/mol. The number of hydrogen-bond acceptors (Lipinski definition) is 2. The van der Waals surface area contributed by atoms with E-state index in [1.165, 1.54) is 6.42 Å². The smallest absolute Gasteiger partial charge is 0.252 e. The Labute approximate surface area is 75.6 Å². The molecule has 1 N–H and O–H groups in total. The van der Waals surface area contributed by atoms with Crippen molar-refractivity contribution in [3.05, 3.63) is 22.4 Å². The molecule has 1 aliphatic carbocycles. The molecule has 1 saturated carbocycles. The monoisotopic (exact) mass is 181 g/mol. The molecule has 0 radical (unpaired) electrons. The van der Waals surface area contributed by atoms with Gasteiger partial charge in [0.25, 0.3) is 5.91 Å². The fourth-order valence-electron chi connectivity index (χ4n) is 1.21. The van der Waals surface area contributed by atoms with Crippen LogP contribution < -0.4 is 5.32 Å². The summed E-state index contributed by atoms with van der Waals surface area (Å²) in [5.41, 5.74) is 0.798. The van der Waals surface area contributed by atoms with E-state index in [0.717, 1.165) is 18.4 Å². The fraction of sp³-hybridized carbons (Fsp3) is 0.444. The normalized spacial score (nSPS) is 17.0. The van der Waals surface area contributed by atoms with Crippen molar-refractivity contribution < 1.29 is 4.79 Å². The molecular weight excluding hydrogens is 170 g/mol. The number of carbonyl (C=O) groups is 1. The van der Waals surface area contributed by atoms with Crippen molar-refractivity contribution in [2.24, 2.45) is 0 Å². The zero-order valence-electron chi connectivity index (χ0n) is 6.75. The van der Waals surface area contributed by atoms with Crippen LogP contribution >= 0.6 is 11.3 Å². The molecule has 3 heteroatoms. The van der Waals surface area contributed by atoms with Crippen LogP contribution in [0.15, 0.2) is 16.8 Å². The Morgan fingerprint density at radius 1 is 1.58 bits per heavy atom. The van der Waals surface area contributed by atoms with Crippen molar-refractivity contribution in [1.29, 1.82) is 0 Å². The van der Waals surface area contributed by atoms with Crippen LogP contribution in [-0.4, -0.2) is 11.9 Å². The Morgan fingerprint density at radius 3 is 2.92 bits per heavy atom. The van der Waals surface area contributed by atoms with Gasteiger partial charge in [-0.25, -0.2) is 0 Å². The summed E-state index contributed by atoms with van der Waals surface area (Å²) in [6.45, 7) is 0. The Kier molecular flexibility index (Phi) is 2.13. The lowest BCUT2D eigenvalue weighted by Gasteiger charge is -2.26. The molecule has 2 nitrogen and oxygen atoms in total. The molecule has 1 aliphatic rings. The van der Waals surface area contributed by atoms with Gasteiger partial charge in [-0.2, -0.15) is 11.3 Å². The van der Waals surface area contributed by atoms with Gasteiger partial charge < -0.3 is 5.32 Å². The van der Waals surface area contributed by atoms with Gasteiger partial charge in [0.15, 0.2) is 0 Å². The van der Waals surface area contributed by atoms with E-state index in [0.29, 0.717) is 6.04 Å². The third-order valence-corrected chi connectivity index (χ3v) is 2.91. The first kappa shape index (κ1) is 7.80. The molecule has 1 aromatic rings. The molecule has 64 valence electrons. The van der Waals surface area contributed by atoms with Gasteiger partial charge in [0, 0.05) is 17.0 Å². The van der Waals surface area contributed by atoms with Crippen molar-refractivity contribution in [2.75, 3.05) is 0 Å². The van der Waals surface area contributed by atoms with Crippen LogP contribution in [-0.2, 0) is 0 Å². The highest BCUT2D eigenvalue weighted by atomic mass is 32.1. The second-order valence-electron chi connectivity index (χ2n) is 3.11. The van der Waals surface area contributed by atoms with E-state index < -0.39 is 0 Å². The molecule has 1 fully saturated rings. The summed E-state index contributed by atoms with van der Waals surface area (Å²) in [7, 11) is 0. The number of carbonyl (C=O) groups excluding carboxylic acids is 1. The second-order valence-corrected chi connectivity index (χ2v) is 3.89. The topological polar surface area (TPSA) is 29.1 Å². The van der Waals surface area contributed by atoms with Crippen LogP contribution in [0.1, 0.15) is 29.6 Å². The summed E-state index contributed by atoms with van der Waals surface area (Å²) in [5, 5.41) is 6.80. The number of nitrogens with one attached hydrogen (secondary N) is 1. The van der Waals surface area contributed by atoms with Gasteiger partial charge in [-0.1, -0.05) is 0 Å². The molecule has 0 atom stereocenters. The van der Waals surface area contributed by atoms with Crippen molar-refractivity contribution in [3.8, 4) is 0 Å². The van der Waals surface area contributed by atoms with Crippen molar-refractivity contribution in [2.45, 2.75) is 25.3 Å². The van der Waals surface area contributed by atoms with E-state index in [1.807, 2.05) is 16.8 Å². The molecule has 0 unspecified atom stereocenters.